The molecule has 0 saturated carbocycles. The SMILES string of the molecule is O=Cc1cc(COC(=O)c2ccc(C3NCCc4c3[nH]c3ccccc43)cc2)ccc1O. The van der Waals surface area contributed by atoms with Gasteiger partial charge in [0.15, 0.2) is 6.29 Å². The van der Waals surface area contributed by atoms with E-state index in [2.05, 4.69) is 28.5 Å². The van der Waals surface area contributed by atoms with E-state index in [4.69, 9.17) is 4.74 Å². The Morgan fingerprint density at radius 2 is 1.91 bits per heavy atom. The third kappa shape index (κ3) is 3.65. The van der Waals surface area contributed by atoms with Crippen molar-refractivity contribution in [1.82, 2.24) is 10.3 Å². The van der Waals surface area contributed by atoms with Gasteiger partial charge >= 0.3 is 5.97 Å². The lowest BCUT2D eigenvalue weighted by atomic mass is 9.94. The van der Waals surface area contributed by atoms with Gasteiger partial charge in [0.25, 0.3) is 0 Å². The number of para-hydroxylation sites is 1. The number of aldehydes is 1. The fourth-order valence-corrected chi connectivity index (χ4v) is 4.30. The topological polar surface area (TPSA) is 91.4 Å². The first-order valence-corrected chi connectivity index (χ1v) is 10.5. The average Bonchev–Trinajstić information content (AvgIpc) is 3.22. The Hall–Kier alpha value is -3.90. The molecular weight excluding hydrogens is 404 g/mol. The molecule has 6 heteroatoms. The number of carbonyl (C=O) groups excluding carboxylic acids is 2. The van der Waals surface area contributed by atoms with E-state index >= 15 is 0 Å². The molecule has 0 amide bonds. The highest BCUT2D eigenvalue weighted by molar-refractivity contribution is 5.89. The predicted octanol–water partition coefficient (Wildman–Crippen LogP) is 4.28. The van der Waals surface area contributed by atoms with Gasteiger partial charge in [-0.15, -0.1) is 0 Å². The van der Waals surface area contributed by atoms with Gasteiger partial charge in [-0.3, -0.25) is 4.79 Å². The van der Waals surface area contributed by atoms with E-state index < -0.39 is 5.97 Å². The second kappa shape index (κ2) is 8.32. The van der Waals surface area contributed by atoms with E-state index in [0.717, 1.165) is 24.0 Å². The van der Waals surface area contributed by atoms with Gasteiger partial charge in [-0.1, -0.05) is 36.4 Å². The van der Waals surface area contributed by atoms with Gasteiger partial charge < -0.3 is 20.1 Å². The number of hydrogen-bond donors (Lipinski definition) is 3. The maximum atomic E-state index is 12.5. The monoisotopic (exact) mass is 426 g/mol. The molecule has 0 saturated heterocycles. The normalized spacial score (nSPS) is 15.3. The van der Waals surface area contributed by atoms with Gasteiger partial charge in [-0.05, 0) is 53.4 Å². The third-order valence-electron chi connectivity index (χ3n) is 5.93. The van der Waals surface area contributed by atoms with Crippen LogP contribution in [-0.4, -0.2) is 28.9 Å². The van der Waals surface area contributed by atoms with Gasteiger partial charge in [-0.25, -0.2) is 4.79 Å². The lowest BCUT2D eigenvalue weighted by Crippen LogP contribution is -2.30. The molecule has 0 bridgehead atoms. The minimum atomic E-state index is -0.444. The van der Waals surface area contributed by atoms with Gasteiger partial charge in [0.05, 0.1) is 17.2 Å². The zero-order valence-electron chi connectivity index (χ0n) is 17.3. The Kier molecular flexibility index (Phi) is 5.21. The molecule has 1 aliphatic heterocycles. The second-order valence-electron chi connectivity index (χ2n) is 7.91. The number of fused-ring (bicyclic) bond motifs is 3. The van der Waals surface area contributed by atoms with Gasteiger partial charge in [-0.2, -0.15) is 0 Å². The summed E-state index contributed by atoms with van der Waals surface area (Å²) >= 11 is 0. The fraction of sp³-hybridized carbons (Fsp3) is 0.154. The van der Waals surface area contributed by atoms with Gasteiger partial charge in [0, 0.05) is 23.1 Å². The van der Waals surface area contributed by atoms with Crippen LogP contribution in [0.4, 0.5) is 0 Å². The molecule has 0 fully saturated rings. The summed E-state index contributed by atoms with van der Waals surface area (Å²) in [4.78, 5) is 27.0. The van der Waals surface area contributed by atoms with E-state index in [-0.39, 0.29) is 24.0 Å². The van der Waals surface area contributed by atoms with Crippen LogP contribution in [0.1, 0.15) is 49.1 Å². The van der Waals surface area contributed by atoms with Crippen molar-refractivity contribution in [3.8, 4) is 5.75 Å². The summed E-state index contributed by atoms with van der Waals surface area (Å²) in [6.07, 6.45) is 1.54. The summed E-state index contributed by atoms with van der Waals surface area (Å²) in [6, 6.07) is 20.3. The summed E-state index contributed by atoms with van der Waals surface area (Å²) in [7, 11) is 0. The number of aromatic hydroxyl groups is 1. The summed E-state index contributed by atoms with van der Waals surface area (Å²) < 4.78 is 5.38. The number of phenolic OH excluding ortho intramolecular Hbond substituents is 1. The van der Waals surface area contributed by atoms with Crippen molar-refractivity contribution >= 4 is 23.2 Å². The molecule has 4 aromatic rings. The minimum absolute atomic E-state index is 0.0182. The van der Waals surface area contributed by atoms with Crippen LogP contribution < -0.4 is 5.32 Å². The Balaban J connectivity index is 1.32. The maximum absolute atomic E-state index is 12.5. The first kappa shape index (κ1) is 20.0. The largest absolute Gasteiger partial charge is 0.507 e. The van der Waals surface area contributed by atoms with E-state index in [1.165, 1.54) is 28.8 Å². The Bertz CT molecular complexity index is 1310. The molecule has 32 heavy (non-hydrogen) atoms. The summed E-state index contributed by atoms with van der Waals surface area (Å²) in [6.45, 7) is 0.906. The number of benzene rings is 3. The molecule has 3 N–H and O–H groups in total. The van der Waals surface area contributed by atoms with E-state index in [9.17, 15) is 14.7 Å². The number of H-pyrrole nitrogens is 1. The Morgan fingerprint density at radius 1 is 1.09 bits per heavy atom. The first-order valence-electron chi connectivity index (χ1n) is 10.5. The number of hydrogen-bond acceptors (Lipinski definition) is 5. The maximum Gasteiger partial charge on any atom is 0.338 e. The van der Waals surface area contributed by atoms with Crippen LogP contribution in [-0.2, 0) is 17.8 Å². The molecule has 5 rings (SSSR count). The van der Waals surface area contributed by atoms with Gasteiger partial charge in [0.1, 0.15) is 12.4 Å². The van der Waals surface area contributed by atoms with E-state index in [1.54, 1.807) is 18.2 Å². The molecule has 0 spiro atoms. The van der Waals surface area contributed by atoms with Crippen molar-refractivity contribution in [2.75, 3.05) is 6.54 Å². The van der Waals surface area contributed by atoms with Crippen molar-refractivity contribution in [1.29, 1.82) is 0 Å². The second-order valence-corrected chi connectivity index (χ2v) is 7.91. The number of aromatic amines is 1. The van der Waals surface area contributed by atoms with Crippen molar-refractivity contribution in [2.45, 2.75) is 19.1 Å². The number of phenols is 1. The van der Waals surface area contributed by atoms with E-state index in [1.807, 2.05) is 18.2 Å². The van der Waals surface area contributed by atoms with Crippen LogP contribution in [0.2, 0.25) is 0 Å². The number of esters is 1. The lowest BCUT2D eigenvalue weighted by molar-refractivity contribution is 0.0472. The average molecular weight is 426 g/mol. The van der Waals surface area contributed by atoms with Crippen LogP contribution in [0.25, 0.3) is 10.9 Å². The number of nitrogens with one attached hydrogen (secondary N) is 2. The van der Waals surface area contributed by atoms with E-state index in [0.29, 0.717) is 17.4 Å². The molecule has 160 valence electrons. The van der Waals surface area contributed by atoms with Crippen molar-refractivity contribution < 1.29 is 19.4 Å². The number of ether oxygens (including phenoxy) is 1. The van der Waals surface area contributed by atoms with Crippen LogP contribution in [0.5, 0.6) is 5.75 Å². The molecule has 6 nitrogen and oxygen atoms in total. The third-order valence-corrected chi connectivity index (χ3v) is 5.93. The molecule has 1 unspecified atom stereocenters. The van der Waals surface area contributed by atoms with Crippen molar-refractivity contribution in [2.24, 2.45) is 0 Å². The van der Waals surface area contributed by atoms with Gasteiger partial charge in [0.2, 0.25) is 0 Å². The molecule has 1 aromatic heterocycles. The highest BCUT2D eigenvalue weighted by Gasteiger charge is 2.25. The van der Waals surface area contributed by atoms with Crippen molar-refractivity contribution in [3.63, 3.8) is 0 Å². The molecule has 1 atom stereocenters. The quantitative estimate of drug-likeness (QED) is 0.327. The fourth-order valence-electron chi connectivity index (χ4n) is 4.30. The molecule has 0 radical (unpaired) electrons. The smallest absolute Gasteiger partial charge is 0.338 e. The predicted molar refractivity (Wildman–Crippen MR) is 121 cm³/mol. The highest BCUT2D eigenvalue weighted by atomic mass is 16.5. The minimum Gasteiger partial charge on any atom is -0.507 e. The zero-order chi connectivity index (χ0) is 22.1. The molecule has 2 heterocycles. The van der Waals surface area contributed by atoms with Crippen LogP contribution in [0, 0.1) is 0 Å². The molecular formula is C26H22N2O4. The number of aromatic nitrogens is 1. The summed E-state index contributed by atoms with van der Waals surface area (Å²) in [5, 5.41) is 14.4. The molecule has 3 aromatic carbocycles. The summed E-state index contributed by atoms with van der Waals surface area (Å²) in [5.41, 5.74) is 5.98. The summed E-state index contributed by atoms with van der Waals surface area (Å²) in [5.74, 6) is -0.541. The van der Waals surface area contributed by atoms with Crippen LogP contribution in [0.15, 0.2) is 66.7 Å². The number of carbonyl (C=O) groups is 2. The molecule has 1 aliphatic rings. The number of rotatable bonds is 5. The zero-order valence-corrected chi connectivity index (χ0v) is 17.3. The van der Waals surface area contributed by atoms with Crippen LogP contribution >= 0.6 is 0 Å². The lowest BCUT2D eigenvalue weighted by Gasteiger charge is -2.25. The van der Waals surface area contributed by atoms with Crippen molar-refractivity contribution in [3.05, 3.63) is 100 Å². The highest BCUT2D eigenvalue weighted by Crippen LogP contribution is 2.33. The first-order chi connectivity index (χ1) is 15.6. The Morgan fingerprint density at radius 3 is 2.72 bits per heavy atom. The standard InChI is InChI=1S/C26H22N2O4/c29-14-19-13-16(5-10-23(19)30)15-32-26(31)18-8-6-17(7-9-18)24-25-21(11-12-27-24)20-3-1-2-4-22(20)28-25/h1-10,13-14,24,27-28,30H,11-12,15H2. The van der Waals surface area contributed by atoms with Crippen LogP contribution in [0.3, 0.4) is 0 Å². The Labute approximate surface area is 184 Å². The molecule has 0 aliphatic carbocycles.